The van der Waals surface area contributed by atoms with Crippen LogP contribution in [0.3, 0.4) is 0 Å². The van der Waals surface area contributed by atoms with Crippen LogP contribution in [0.15, 0.2) is 24.3 Å². The highest BCUT2D eigenvalue weighted by Gasteiger charge is 2.06. The summed E-state index contributed by atoms with van der Waals surface area (Å²) < 4.78 is 4.94. The Morgan fingerprint density at radius 2 is 2.05 bits per heavy atom. The lowest BCUT2D eigenvalue weighted by Crippen LogP contribution is -2.29. The first-order valence-electron chi connectivity index (χ1n) is 6.74. The molecule has 0 aliphatic heterocycles. The van der Waals surface area contributed by atoms with E-state index in [0.717, 1.165) is 11.3 Å². The Hall–Kier alpha value is -2.04. The molecule has 1 aromatic carbocycles. The number of carbonyl (C=O) groups is 2. The van der Waals surface area contributed by atoms with Gasteiger partial charge in [0.05, 0.1) is 6.61 Å². The van der Waals surface area contributed by atoms with Crippen LogP contribution >= 0.6 is 0 Å². The summed E-state index contributed by atoms with van der Waals surface area (Å²) in [5.74, 6) is 0.158. The molecule has 5 nitrogen and oxygen atoms in total. The normalized spacial score (nSPS) is 10.2. The van der Waals surface area contributed by atoms with Crippen molar-refractivity contribution in [3.63, 3.8) is 0 Å². The minimum absolute atomic E-state index is 0.139. The van der Waals surface area contributed by atoms with Crippen molar-refractivity contribution >= 4 is 17.7 Å². The van der Waals surface area contributed by atoms with Crippen molar-refractivity contribution in [2.75, 3.05) is 18.5 Å². The Morgan fingerprint density at radius 1 is 1.30 bits per heavy atom. The fraction of sp³-hybridized carbons (Fsp3) is 0.467. The summed E-state index contributed by atoms with van der Waals surface area (Å²) in [5, 5.41) is 5.32. The van der Waals surface area contributed by atoms with Crippen LogP contribution in [0.25, 0.3) is 0 Å². The molecule has 0 atom stereocenters. The van der Waals surface area contributed by atoms with E-state index in [9.17, 15) is 9.59 Å². The molecule has 0 unspecified atom stereocenters. The number of benzene rings is 1. The zero-order valence-corrected chi connectivity index (χ0v) is 12.2. The second-order valence-corrected chi connectivity index (χ2v) is 5.09. The van der Waals surface area contributed by atoms with E-state index in [0.29, 0.717) is 12.5 Å². The largest absolute Gasteiger partial charge is 0.449 e. The molecule has 2 amide bonds. The Bertz CT molecular complexity index is 458. The van der Waals surface area contributed by atoms with Crippen molar-refractivity contribution in [3.05, 3.63) is 29.8 Å². The third-order valence-electron chi connectivity index (χ3n) is 2.47. The number of ether oxygens (including phenoxy) is 1. The first-order chi connectivity index (χ1) is 9.47. The second kappa shape index (κ2) is 8.19. The van der Waals surface area contributed by atoms with E-state index in [1.807, 2.05) is 45.0 Å². The summed E-state index contributed by atoms with van der Waals surface area (Å²) in [6.07, 6.45) is -0.271. The van der Waals surface area contributed by atoms with Gasteiger partial charge >= 0.3 is 6.09 Å². The number of anilines is 1. The van der Waals surface area contributed by atoms with Gasteiger partial charge < -0.3 is 15.4 Å². The number of aryl methyl sites for hydroxylation is 1. The van der Waals surface area contributed by atoms with Gasteiger partial charge in [-0.2, -0.15) is 0 Å². The van der Waals surface area contributed by atoms with E-state index < -0.39 is 6.09 Å². The SMILES string of the molecule is Cc1cccc(NC(=O)CCNC(=O)OCC(C)C)c1. The maximum atomic E-state index is 11.7. The van der Waals surface area contributed by atoms with E-state index in [1.165, 1.54) is 0 Å². The molecule has 0 spiro atoms. The number of hydrogen-bond donors (Lipinski definition) is 2. The van der Waals surface area contributed by atoms with Gasteiger partial charge in [-0.05, 0) is 30.5 Å². The maximum Gasteiger partial charge on any atom is 0.407 e. The van der Waals surface area contributed by atoms with Crippen molar-refractivity contribution in [3.8, 4) is 0 Å². The van der Waals surface area contributed by atoms with Crippen molar-refractivity contribution in [1.29, 1.82) is 0 Å². The molecule has 1 rings (SSSR count). The molecule has 20 heavy (non-hydrogen) atoms. The van der Waals surface area contributed by atoms with Gasteiger partial charge in [-0.3, -0.25) is 4.79 Å². The highest BCUT2D eigenvalue weighted by Crippen LogP contribution is 2.09. The van der Waals surface area contributed by atoms with Gasteiger partial charge in [0.2, 0.25) is 5.91 Å². The third kappa shape index (κ3) is 6.78. The lowest BCUT2D eigenvalue weighted by atomic mass is 10.2. The van der Waals surface area contributed by atoms with Gasteiger partial charge in [0, 0.05) is 18.7 Å². The summed E-state index contributed by atoms with van der Waals surface area (Å²) in [6, 6.07) is 7.56. The topological polar surface area (TPSA) is 67.4 Å². The molecule has 110 valence electrons. The zero-order valence-electron chi connectivity index (χ0n) is 12.2. The maximum absolute atomic E-state index is 11.7. The van der Waals surface area contributed by atoms with E-state index >= 15 is 0 Å². The zero-order chi connectivity index (χ0) is 15.0. The van der Waals surface area contributed by atoms with Crippen LogP contribution in [-0.4, -0.2) is 25.2 Å². The minimum Gasteiger partial charge on any atom is -0.449 e. The molecule has 1 aromatic rings. The quantitative estimate of drug-likeness (QED) is 0.840. The number of alkyl carbamates (subject to hydrolysis) is 1. The fourth-order valence-electron chi connectivity index (χ4n) is 1.52. The van der Waals surface area contributed by atoms with Crippen LogP contribution in [0, 0.1) is 12.8 Å². The van der Waals surface area contributed by atoms with E-state index in [4.69, 9.17) is 4.74 Å². The summed E-state index contributed by atoms with van der Waals surface area (Å²) in [7, 11) is 0. The van der Waals surface area contributed by atoms with Gasteiger partial charge in [0.25, 0.3) is 0 Å². The van der Waals surface area contributed by atoms with Gasteiger partial charge in [-0.25, -0.2) is 4.79 Å². The van der Waals surface area contributed by atoms with Crippen molar-refractivity contribution in [2.45, 2.75) is 27.2 Å². The Kier molecular flexibility index (Phi) is 6.56. The summed E-state index contributed by atoms with van der Waals surface area (Å²) in [5.41, 5.74) is 1.84. The summed E-state index contributed by atoms with van der Waals surface area (Å²) in [6.45, 7) is 6.52. The standard InChI is InChI=1S/C15H22N2O3/c1-11(2)10-20-15(19)16-8-7-14(18)17-13-6-4-5-12(3)9-13/h4-6,9,11H,7-8,10H2,1-3H3,(H,16,19)(H,17,18). The van der Waals surface area contributed by atoms with E-state index in [2.05, 4.69) is 10.6 Å². The van der Waals surface area contributed by atoms with Crippen molar-refractivity contribution in [1.82, 2.24) is 5.32 Å². The summed E-state index contributed by atoms with van der Waals surface area (Å²) in [4.78, 5) is 22.9. The molecule has 0 saturated carbocycles. The molecule has 0 radical (unpaired) electrons. The third-order valence-corrected chi connectivity index (χ3v) is 2.47. The molecule has 0 aliphatic rings. The smallest absolute Gasteiger partial charge is 0.407 e. The molecule has 0 fully saturated rings. The molecule has 2 N–H and O–H groups in total. The number of hydrogen-bond acceptors (Lipinski definition) is 3. The van der Waals surface area contributed by atoms with Gasteiger partial charge in [-0.1, -0.05) is 26.0 Å². The predicted molar refractivity (Wildman–Crippen MR) is 78.6 cm³/mol. The lowest BCUT2D eigenvalue weighted by Gasteiger charge is -2.09. The second-order valence-electron chi connectivity index (χ2n) is 5.09. The number of amides is 2. The van der Waals surface area contributed by atoms with Crippen LogP contribution in [0.4, 0.5) is 10.5 Å². The highest BCUT2D eigenvalue weighted by molar-refractivity contribution is 5.91. The summed E-state index contributed by atoms with van der Waals surface area (Å²) >= 11 is 0. The van der Waals surface area contributed by atoms with E-state index in [-0.39, 0.29) is 18.9 Å². The molecule has 0 aromatic heterocycles. The first-order valence-corrected chi connectivity index (χ1v) is 6.74. The number of carbonyl (C=O) groups excluding carboxylic acids is 2. The fourth-order valence-corrected chi connectivity index (χ4v) is 1.52. The van der Waals surface area contributed by atoms with Crippen molar-refractivity contribution < 1.29 is 14.3 Å². The average Bonchev–Trinajstić information content (AvgIpc) is 2.36. The van der Waals surface area contributed by atoms with E-state index in [1.54, 1.807) is 0 Å². The molecule has 0 saturated heterocycles. The molecular weight excluding hydrogens is 256 g/mol. The monoisotopic (exact) mass is 278 g/mol. The molecule has 5 heteroatoms. The van der Waals surface area contributed by atoms with Crippen molar-refractivity contribution in [2.24, 2.45) is 5.92 Å². The Balaban J connectivity index is 2.22. The molecular formula is C15H22N2O3. The van der Waals surface area contributed by atoms with Gasteiger partial charge in [0.1, 0.15) is 0 Å². The van der Waals surface area contributed by atoms with Gasteiger partial charge in [0.15, 0.2) is 0 Å². The first kappa shape index (κ1) is 16.0. The van der Waals surface area contributed by atoms with Crippen LogP contribution in [0.5, 0.6) is 0 Å². The Morgan fingerprint density at radius 3 is 2.70 bits per heavy atom. The lowest BCUT2D eigenvalue weighted by molar-refractivity contribution is -0.116. The predicted octanol–water partition coefficient (Wildman–Crippen LogP) is 2.71. The van der Waals surface area contributed by atoms with Crippen LogP contribution < -0.4 is 10.6 Å². The van der Waals surface area contributed by atoms with Crippen LogP contribution in [-0.2, 0) is 9.53 Å². The molecule has 0 aliphatic carbocycles. The van der Waals surface area contributed by atoms with Crippen LogP contribution in [0.1, 0.15) is 25.8 Å². The van der Waals surface area contributed by atoms with Gasteiger partial charge in [-0.15, -0.1) is 0 Å². The number of rotatable bonds is 6. The Labute approximate surface area is 119 Å². The minimum atomic E-state index is -0.484. The number of nitrogens with one attached hydrogen (secondary N) is 2. The average molecular weight is 278 g/mol. The molecule has 0 bridgehead atoms. The van der Waals surface area contributed by atoms with Crippen LogP contribution in [0.2, 0.25) is 0 Å². The molecule has 0 heterocycles. The highest BCUT2D eigenvalue weighted by atomic mass is 16.5.